The quantitative estimate of drug-likeness (QED) is 0.192. The Morgan fingerprint density at radius 3 is 2.75 bits per heavy atom. The molecule has 2 heterocycles. The summed E-state index contributed by atoms with van der Waals surface area (Å²) in [4.78, 5) is 2.18. The van der Waals surface area contributed by atoms with Crippen molar-refractivity contribution in [3.05, 3.63) is 6.92 Å². The molecule has 0 aromatic heterocycles. The summed E-state index contributed by atoms with van der Waals surface area (Å²) in [7, 11) is 2.04. The number of unbranched alkanes of at least 4 members (excludes halogenated alkanes) is 3. The van der Waals surface area contributed by atoms with Crippen molar-refractivity contribution in [3.63, 3.8) is 0 Å². The molecule has 2 fully saturated rings. The van der Waals surface area contributed by atoms with Crippen molar-refractivity contribution in [1.82, 2.24) is 4.90 Å². The normalized spacial score (nSPS) is 28.6. The predicted molar refractivity (Wildman–Crippen MR) is 83.4 cm³/mol. The van der Waals surface area contributed by atoms with Crippen LogP contribution in [0.5, 0.6) is 0 Å². The minimum absolute atomic E-state index is 0. The first-order chi connectivity index (χ1) is 9.14. The van der Waals surface area contributed by atoms with Crippen molar-refractivity contribution < 1.29 is 35.9 Å². The molecule has 4 nitrogen and oxygen atoms in total. The third-order valence-electron chi connectivity index (χ3n) is 3.57. The smallest absolute Gasteiger partial charge is 0.513 e. The number of hydrogen-bond acceptors (Lipinski definition) is 5. The maximum absolute atomic E-state index is 7.09. The van der Waals surface area contributed by atoms with Gasteiger partial charge in [0.1, 0.15) is 5.60 Å². The number of nitrogens with zero attached hydrogens (tertiary/aromatic N) is 2. The van der Waals surface area contributed by atoms with Crippen LogP contribution in [0, 0.1) is 43.4 Å². The third-order valence-corrected chi connectivity index (χ3v) is 3.77. The second-order valence-corrected chi connectivity index (χ2v) is 5.36. The van der Waals surface area contributed by atoms with Gasteiger partial charge >= 0.3 is 31.1 Å². The molecule has 0 aromatic rings. The van der Waals surface area contributed by atoms with E-state index in [1.54, 1.807) is 0 Å². The van der Waals surface area contributed by atoms with Crippen LogP contribution in [0.25, 0.3) is 0 Å². The predicted octanol–water partition coefficient (Wildman–Crippen LogP) is 2.67. The molecule has 2 saturated heterocycles. The summed E-state index contributed by atoms with van der Waals surface area (Å²) in [5.74, 6) is 0. The van der Waals surface area contributed by atoms with Crippen LogP contribution in [-0.4, -0.2) is 48.7 Å². The van der Waals surface area contributed by atoms with Crippen LogP contribution in [0.2, 0.25) is 0 Å². The molecular formula is C14H25N3OSU. The fourth-order valence-corrected chi connectivity index (χ4v) is 2.61. The Labute approximate surface area is 152 Å². The molecule has 0 amide bonds. The number of nitrogens with one attached hydrogen (secondary N) is 1. The summed E-state index contributed by atoms with van der Waals surface area (Å²) < 4.78 is 9.31. The first-order valence-corrected chi connectivity index (χ1v) is 7.35. The van der Waals surface area contributed by atoms with Crippen LogP contribution in [0.1, 0.15) is 39.0 Å². The van der Waals surface area contributed by atoms with E-state index in [4.69, 9.17) is 10.1 Å². The molecule has 0 aliphatic carbocycles. The molecule has 20 heavy (non-hydrogen) atoms. The van der Waals surface area contributed by atoms with E-state index in [2.05, 4.69) is 42.2 Å². The van der Waals surface area contributed by atoms with Crippen LogP contribution < -0.4 is 0 Å². The van der Waals surface area contributed by atoms with Crippen molar-refractivity contribution in [2.45, 2.75) is 50.7 Å². The van der Waals surface area contributed by atoms with E-state index >= 15 is 0 Å². The molecule has 2 unspecified atom stereocenters. The van der Waals surface area contributed by atoms with Crippen molar-refractivity contribution in [3.8, 4) is 0 Å². The topological polar surface area (TPSA) is 52.0 Å². The van der Waals surface area contributed by atoms with Gasteiger partial charge in [0.05, 0.1) is 6.10 Å². The maximum Gasteiger partial charge on any atom is 2.00 e. The Balaban J connectivity index is 0.000000448. The molecule has 1 N–H and O–H groups in total. The first kappa shape index (κ1) is 20.7. The molecule has 0 spiro atoms. The number of likely N-dealkylation sites (N-methyl/N-ethyl adjacent to an activating group) is 1. The van der Waals surface area contributed by atoms with Gasteiger partial charge < -0.3 is 28.2 Å². The molecule has 2 rings (SSSR count). The summed E-state index contributed by atoms with van der Waals surface area (Å²) in [6.07, 6.45) is 8.60. The van der Waals surface area contributed by atoms with Crippen molar-refractivity contribution >= 4 is 24.7 Å². The fourth-order valence-electron chi connectivity index (χ4n) is 2.39. The van der Waals surface area contributed by atoms with Gasteiger partial charge in [-0.25, -0.2) is 0 Å². The molecule has 2 aliphatic heterocycles. The zero-order valence-corrected chi connectivity index (χ0v) is 17.5. The van der Waals surface area contributed by atoms with Gasteiger partial charge in [-0.2, -0.15) is 6.42 Å². The van der Waals surface area contributed by atoms with Crippen LogP contribution in [0.3, 0.4) is 0 Å². The average Bonchev–Trinajstić information content (AvgIpc) is 3.12. The van der Waals surface area contributed by atoms with E-state index in [1.807, 2.05) is 7.05 Å². The zero-order valence-electron chi connectivity index (χ0n) is 12.5. The molecule has 112 valence electrons. The largest absolute Gasteiger partial charge is 2.00 e. The number of epoxide rings is 1. The van der Waals surface area contributed by atoms with Crippen molar-refractivity contribution in [2.24, 2.45) is 4.40 Å². The maximum atomic E-state index is 7.09. The Morgan fingerprint density at radius 2 is 2.30 bits per heavy atom. The van der Waals surface area contributed by atoms with Crippen LogP contribution >= 0.6 is 12.8 Å². The van der Waals surface area contributed by atoms with E-state index in [0.29, 0.717) is 5.71 Å². The van der Waals surface area contributed by atoms with Gasteiger partial charge in [0.2, 0.25) is 0 Å². The van der Waals surface area contributed by atoms with Gasteiger partial charge in [-0.3, -0.25) is 4.40 Å². The van der Waals surface area contributed by atoms with E-state index in [-0.39, 0.29) is 42.8 Å². The Bertz CT molecular complexity index is 324. The molecular weight excluding hydrogens is 496 g/mol. The first-order valence-electron chi connectivity index (χ1n) is 6.95. The summed E-state index contributed by atoms with van der Waals surface area (Å²) in [5.41, 5.74) is 0.156. The van der Waals surface area contributed by atoms with Gasteiger partial charge in [-0.15, -0.1) is 0 Å². The Kier molecular flexibility index (Phi) is 10.7. The van der Waals surface area contributed by atoms with Crippen molar-refractivity contribution in [1.29, 1.82) is 5.41 Å². The Hall–Kier alpha value is 0.662. The number of thiol groups is 1. The number of likely N-dealkylation sites (tertiary alicyclic amines) is 1. The number of rotatable bonds is 5. The number of ether oxygens (including phenoxy) is 1. The molecule has 2 aliphatic rings. The van der Waals surface area contributed by atoms with Gasteiger partial charge in [0.25, 0.3) is 0 Å². The van der Waals surface area contributed by atoms with Gasteiger partial charge in [0, 0.05) is 13.1 Å². The summed E-state index contributed by atoms with van der Waals surface area (Å²) in [6.45, 7) is 7.77. The number of hydrogen-bond donors (Lipinski definition) is 2. The van der Waals surface area contributed by atoms with Crippen molar-refractivity contribution in [2.75, 3.05) is 20.1 Å². The standard InChI is InChI=1S/C8H12N3OS.C6H13.U/c1-11-3-2-7-8(5-11,12-7)6(4-9)10-13;1-3-5-6-4-2;/h7,9,13H,2-3,5H2,1H3;1,3-6H2,2H3;/q2*-1;+2/b10-6+;;. The second kappa shape index (κ2) is 10.4. The van der Waals surface area contributed by atoms with Crippen LogP contribution in [0.4, 0.5) is 0 Å². The fraction of sp³-hybridized carbons (Fsp3) is 0.786. The number of fused-ring (bicyclic) bond motifs is 1. The summed E-state index contributed by atoms with van der Waals surface area (Å²) in [6, 6.07) is 0. The second-order valence-electron chi connectivity index (χ2n) is 5.16. The van der Waals surface area contributed by atoms with Crippen LogP contribution in [-0.2, 0) is 4.74 Å². The van der Waals surface area contributed by atoms with Crippen LogP contribution in [0.15, 0.2) is 4.40 Å². The molecule has 6 heteroatoms. The van der Waals surface area contributed by atoms with Gasteiger partial charge in [0.15, 0.2) is 0 Å². The van der Waals surface area contributed by atoms with E-state index in [1.165, 1.54) is 19.3 Å². The van der Waals surface area contributed by atoms with Gasteiger partial charge in [-0.05, 0) is 26.3 Å². The molecule has 0 saturated carbocycles. The monoisotopic (exact) mass is 521 g/mol. The molecule has 2 atom stereocenters. The zero-order chi connectivity index (χ0) is 14.3. The minimum Gasteiger partial charge on any atom is -0.513 e. The van der Waals surface area contributed by atoms with E-state index in [0.717, 1.165) is 25.9 Å². The SMILES string of the molecule is CN1CCC2OC2(/C([C-]=N)=N/S)C1.[CH2-]CCCCC.[U+2]. The van der Waals surface area contributed by atoms with E-state index in [9.17, 15) is 0 Å². The minimum atomic E-state index is -0.365. The Morgan fingerprint density at radius 1 is 1.60 bits per heavy atom. The number of piperidine rings is 1. The van der Waals surface area contributed by atoms with E-state index < -0.39 is 0 Å². The summed E-state index contributed by atoms with van der Waals surface area (Å²) >= 11 is 3.82. The van der Waals surface area contributed by atoms with Gasteiger partial charge in [-0.1, -0.05) is 31.9 Å². The average molecular weight is 521 g/mol. The third kappa shape index (κ3) is 5.46. The summed E-state index contributed by atoms with van der Waals surface area (Å²) in [5, 5.41) is 7.09. The molecule has 0 aromatic carbocycles. The molecule has 0 bridgehead atoms. The molecule has 0 radical (unpaired) electrons.